The van der Waals surface area contributed by atoms with Crippen LogP contribution in [-0.2, 0) is 14.9 Å². The van der Waals surface area contributed by atoms with Gasteiger partial charge in [0.15, 0.2) is 11.5 Å². The van der Waals surface area contributed by atoms with Gasteiger partial charge in [-0.3, -0.25) is 4.79 Å². The molecule has 0 aliphatic carbocycles. The second kappa shape index (κ2) is 11.7. The number of anilines is 1. The number of carbonyl (C=O) groups is 1. The smallest absolute Gasteiger partial charge is 0.339 e. The number of rotatable bonds is 8. The Balaban J connectivity index is 1.93. The number of nitrogens with one attached hydrogen (secondary N) is 1. The number of hydrogen-bond acceptors (Lipinski definition) is 6. The monoisotopic (exact) mass is 700 g/mol. The number of halogens is 2. The van der Waals surface area contributed by atoms with Crippen LogP contribution in [-0.4, -0.2) is 20.9 Å². The molecule has 3 aromatic rings. The van der Waals surface area contributed by atoms with Crippen molar-refractivity contribution in [3.05, 3.63) is 85.0 Å². The largest absolute Gasteiger partial charge is 0.490 e. The molecule has 3 aromatic carbocycles. The standard InChI is InChI=1S/C24H18I2N2O5S/c1-2-32-22-14-16(12-17(15-27)24(29)28-19-10-8-18(25)9-11-19)13-21(26)23(22)33-34(30,31)20-6-4-3-5-7-20/h3-14H,2H2,1H3,(H,28,29)/b17-12+. The van der Waals surface area contributed by atoms with E-state index >= 15 is 0 Å². The average Bonchev–Trinajstić information content (AvgIpc) is 2.82. The van der Waals surface area contributed by atoms with Crippen LogP contribution in [0.2, 0.25) is 0 Å². The van der Waals surface area contributed by atoms with Gasteiger partial charge in [-0.15, -0.1) is 0 Å². The predicted molar refractivity (Wildman–Crippen MR) is 146 cm³/mol. The second-order valence-electron chi connectivity index (χ2n) is 6.74. The molecular formula is C24H18I2N2O5S. The quantitative estimate of drug-likeness (QED) is 0.142. The van der Waals surface area contributed by atoms with E-state index < -0.39 is 16.0 Å². The van der Waals surface area contributed by atoms with Gasteiger partial charge in [0.05, 0.1) is 10.2 Å². The third kappa shape index (κ3) is 6.71. The second-order valence-corrected chi connectivity index (χ2v) is 10.7. The molecule has 1 N–H and O–H groups in total. The maximum Gasteiger partial charge on any atom is 0.339 e. The van der Waals surface area contributed by atoms with Gasteiger partial charge in [-0.05, 0) is 112 Å². The molecule has 0 radical (unpaired) electrons. The van der Waals surface area contributed by atoms with Crippen molar-refractivity contribution in [3.63, 3.8) is 0 Å². The molecular weight excluding hydrogens is 682 g/mol. The van der Waals surface area contributed by atoms with Crippen molar-refractivity contribution in [1.82, 2.24) is 0 Å². The Morgan fingerprint density at radius 2 is 1.76 bits per heavy atom. The number of ether oxygens (including phenoxy) is 1. The van der Waals surface area contributed by atoms with Crippen LogP contribution in [0.4, 0.5) is 5.69 Å². The molecule has 0 saturated heterocycles. The highest BCUT2D eigenvalue weighted by Crippen LogP contribution is 2.37. The van der Waals surface area contributed by atoms with Crippen molar-refractivity contribution < 1.29 is 22.1 Å². The van der Waals surface area contributed by atoms with Gasteiger partial charge in [0.1, 0.15) is 16.5 Å². The first kappa shape index (κ1) is 26.0. The molecule has 0 unspecified atom stereocenters. The van der Waals surface area contributed by atoms with Gasteiger partial charge in [0.25, 0.3) is 5.91 Å². The minimum atomic E-state index is -4.09. The van der Waals surface area contributed by atoms with Crippen LogP contribution in [0.15, 0.2) is 77.2 Å². The highest BCUT2D eigenvalue weighted by Gasteiger charge is 2.22. The van der Waals surface area contributed by atoms with Gasteiger partial charge in [-0.25, -0.2) is 0 Å². The minimum Gasteiger partial charge on any atom is -0.490 e. The van der Waals surface area contributed by atoms with Crippen molar-refractivity contribution in [2.24, 2.45) is 0 Å². The molecule has 0 atom stereocenters. The molecule has 1 amide bonds. The molecule has 0 spiro atoms. The number of hydrogen-bond donors (Lipinski definition) is 1. The van der Waals surface area contributed by atoms with E-state index in [9.17, 15) is 18.5 Å². The summed E-state index contributed by atoms with van der Waals surface area (Å²) in [6.45, 7) is 2.00. The van der Waals surface area contributed by atoms with Gasteiger partial charge >= 0.3 is 10.1 Å². The van der Waals surface area contributed by atoms with Gasteiger partial charge in [-0.2, -0.15) is 13.7 Å². The molecule has 174 valence electrons. The molecule has 0 aromatic heterocycles. The van der Waals surface area contributed by atoms with E-state index in [0.717, 1.165) is 3.57 Å². The maximum absolute atomic E-state index is 12.7. The van der Waals surface area contributed by atoms with Crippen molar-refractivity contribution in [1.29, 1.82) is 5.26 Å². The Morgan fingerprint density at radius 1 is 1.09 bits per heavy atom. The fourth-order valence-corrected chi connectivity index (χ4v) is 5.03. The summed E-state index contributed by atoms with van der Waals surface area (Å²) in [6, 6.07) is 20.0. The molecule has 0 aliphatic heterocycles. The third-order valence-electron chi connectivity index (χ3n) is 4.33. The van der Waals surface area contributed by atoms with Crippen LogP contribution in [0.3, 0.4) is 0 Å². The summed E-state index contributed by atoms with van der Waals surface area (Å²) < 4.78 is 37.9. The zero-order valence-electron chi connectivity index (χ0n) is 17.8. The molecule has 0 heterocycles. The van der Waals surface area contributed by atoms with Crippen LogP contribution in [0, 0.1) is 18.5 Å². The van der Waals surface area contributed by atoms with E-state index in [0.29, 0.717) is 14.8 Å². The van der Waals surface area contributed by atoms with E-state index in [4.69, 9.17) is 8.92 Å². The molecule has 34 heavy (non-hydrogen) atoms. The van der Waals surface area contributed by atoms with Crippen LogP contribution >= 0.6 is 45.2 Å². The number of benzene rings is 3. The highest BCUT2D eigenvalue weighted by atomic mass is 127. The van der Waals surface area contributed by atoms with Crippen LogP contribution in [0.25, 0.3) is 6.08 Å². The Hall–Kier alpha value is -2.63. The fraction of sp³-hybridized carbons (Fsp3) is 0.0833. The van der Waals surface area contributed by atoms with Gasteiger partial charge in [0, 0.05) is 9.26 Å². The lowest BCUT2D eigenvalue weighted by Gasteiger charge is -2.14. The highest BCUT2D eigenvalue weighted by molar-refractivity contribution is 14.1. The summed E-state index contributed by atoms with van der Waals surface area (Å²) in [6.07, 6.45) is 1.40. The van der Waals surface area contributed by atoms with Gasteiger partial charge in [0.2, 0.25) is 0 Å². The number of amides is 1. The number of carbonyl (C=O) groups excluding carboxylic acids is 1. The summed E-state index contributed by atoms with van der Waals surface area (Å²) in [5, 5.41) is 12.2. The lowest BCUT2D eigenvalue weighted by molar-refractivity contribution is -0.112. The van der Waals surface area contributed by atoms with E-state index in [1.807, 2.05) is 40.8 Å². The molecule has 7 nitrogen and oxygen atoms in total. The minimum absolute atomic E-state index is 0.0104. The van der Waals surface area contributed by atoms with Crippen molar-refractivity contribution in [3.8, 4) is 17.6 Å². The topological polar surface area (TPSA) is 105 Å². The Labute approximate surface area is 225 Å². The molecule has 3 rings (SSSR count). The summed E-state index contributed by atoms with van der Waals surface area (Å²) in [5.41, 5.74) is 0.917. The SMILES string of the molecule is CCOc1cc(/C=C(\C#N)C(=O)Nc2ccc(I)cc2)cc(I)c1OS(=O)(=O)c1ccccc1. The van der Waals surface area contributed by atoms with E-state index in [1.54, 1.807) is 43.3 Å². The Bertz CT molecular complexity index is 1370. The van der Waals surface area contributed by atoms with E-state index in [1.165, 1.54) is 24.3 Å². The van der Waals surface area contributed by atoms with Crippen LogP contribution in [0.1, 0.15) is 12.5 Å². The fourth-order valence-electron chi connectivity index (χ4n) is 2.81. The van der Waals surface area contributed by atoms with Crippen molar-refractivity contribution in [2.75, 3.05) is 11.9 Å². The van der Waals surface area contributed by atoms with Crippen molar-refractivity contribution >= 4 is 73.0 Å². The molecule has 0 saturated carbocycles. The molecule has 0 bridgehead atoms. The first-order chi connectivity index (χ1) is 16.2. The van der Waals surface area contributed by atoms with Crippen molar-refractivity contribution in [2.45, 2.75) is 11.8 Å². The maximum atomic E-state index is 12.7. The first-order valence-corrected chi connectivity index (χ1v) is 13.4. The third-order valence-corrected chi connectivity index (χ3v) is 7.09. The normalized spacial score (nSPS) is 11.4. The van der Waals surface area contributed by atoms with Crippen LogP contribution in [0.5, 0.6) is 11.5 Å². The van der Waals surface area contributed by atoms with Gasteiger partial charge < -0.3 is 14.2 Å². The predicted octanol–water partition coefficient (Wildman–Crippen LogP) is 5.61. The summed E-state index contributed by atoms with van der Waals surface area (Å²) in [4.78, 5) is 12.6. The summed E-state index contributed by atoms with van der Waals surface area (Å²) in [5.74, 6) is -0.357. The summed E-state index contributed by atoms with van der Waals surface area (Å²) >= 11 is 4.08. The summed E-state index contributed by atoms with van der Waals surface area (Å²) in [7, 11) is -4.09. The molecule has 0 fully saturated rings. The number of nitriles is 1. The van der Waals surface area contributed by atoms with Gasteiger partial charge in [-0.1, -0.05) is 18.2 Å². The lowest BCUT2D eigenvalue weighted by atomic mass is 10.1. The Kier molecular flexibility index (Phi) is 8.92. The van der Waals surface area contributed by atoms with Crippen LogP contribution < -0.4 is 14.2 Å². The van der Waals surface area contributed by atoms with E-state index in [2.05, 4.69) is 27.9 Å². The first-order valence-electron chi connectivity index (χ1n) is 9.88. The molecule has 10 heteroatoms. The molecule has 0 aliphatic rings. The van der Waals surface area contributed by atoms with E-state index in [-0.39, 0.29) is 28.6 Å². The Morgan fingerprint density at radius 3 is 2.38 bits per heavy atom. The lowest BCUT2D eigenvalue weighted by Crippen LogP contribution is -2.13. The average molecular weight is 700 g/mol. The zero-order valence-corrected chi connectivity index (χ0v) is 22.9. The zero-order chi connectivity index (χ0) is 24.7. The number of nitrogens with zero attached hydrogens (tertiary/aromatic N) is 1.